The molecule has 0 N–H and O–H groups in total. The Morgan fingerprint density at radius 3 is 2.73 bits per heavy atom. The van der Waals surface area contributed by atoms with Gasteiger partial charge in [-0.2, -0.15) is 0 Å². The van der Waals surface area contributed by atoms with E-state index in [0.29, 0.717) is 0 Å². The number of hydrogen-bond donors (Lipinski definition) is 0. The van der Waals surface area contributed by atoms with Crippen LogP contribution in [0.1, 0.15) is 23.3 Å². The minimum atomic E-state index is 0.865. The summed E-state index contributed by atoms with van der Waals surface area (Å²) < 4.78 is 0.865. The Bertz CT molecular complexity index is 466. The Morgan fingerprint density at radius 2 is 2.00 bits per heavy atom. The normalized spacial score (nSPS) is 15.3. The van der Waals surface area contributed by atoms with Gasteiger partial charge in [0.15, 0.2) is 8.92 Å². The first-order valence-corrected chi connectivity index (χ1v) is 7.36. The van der Waals surface area contributed by atoms with Gasteiger partial charge in [0, 0.05) is 4.88 Å². The SMILES string of the molecule is Brc1nnc(-c2cc3c(s2)CCCC3)s1. The number of hydrogen-bond acceptors (Lipinski definition) is 4. The molecule has 0 aromatic carbocycles. The summed E-state index contributed by atoms with van der Waals surface area (Å²) in [6.45, 7) is 0. The zero-order valence-electron chi connectivity index (χ0n) is 7.99. The molecule has 0 bridgehead atoms. The maximum atomic E-state index is 4.16. The van der Waals surface area contributed by atoms with E-state index in [4.69, 9.17) is 0 Å². The van der Waals surface area contributed by atoms with Crippen LogP contribution < -0.4 is 0 Å². The van der Waals surface area contributed by atoms with Gasteiger partial charge in [0.25, 0.3) is 0 Å². The fourth-order valence-corrected chi connectivity index (χ4v) is 4.31. The zero-order chi connectivity index (χ0) is 10.3. The van der Waals surface area contributed by atoms with Crippen LogP contribution in [0.15, 0.2) is 9.98 Å². The van der Waals surface area contributed by atoms with Crippen molar-refractivity contribution in [3.05, 3.63) is 20.4 Å². The fourth-order valence-electron chi connectivity index (χ4n) is 1.90. The van der Waals surface area contributed by atoms with Crippen molar-refractivity contribution in [3.8, 4) is 9.88 Å². The molecule has 3 rings (SSSR count). The lowest BCUT2D eigenvalue weighted by Gasteiger charge is -2.08. The van der Waals surface area contributed by atoms with Crippen LogP contribution in [-0.4, -0.2) is 10.2 Å². The van der Waals surface area contributed by atoms with Crippen LogP contribution in [0.4, 0.5) is 0 Å². The van der Waals surface area contributed by atoms with E-state index in [1.54, 1.807) is 16.2 Å². The van der Waals surface area contributed by atoms with Crippen molar-refractivity contribution >= 4 is 38.6 Å². The first-order valence-electron chi connectivity index (χ1n) is 4.94. The maximum Gasteiger partial charge on any atom is 0.183 e. The van der Waals surface area contributed by atoms with Gasteiger partial charge in [-0.1, -0.05) is 11.3 Å². The standard InChI is InChI=1S/C10H9BrN2S2/c11-10-13-12-9(15-10)8-5-6-3-1-2-4-7(6)14-8/h5H,1-4H2. The molecular weight excluding hydrogens is 292 g/mol. The summed E-state index contributed by atoms with van der Waals surface area (Å²) in [5, 5.41) is 9.20. The molecule has 0 amide bonds. The van der Waals surface area contributed by atoms with E-state index in [-0.39, 0.29) is 0 Å². The summed E-state index contributed by atoms with van der Waals surface area (Å²) in [5.74, 6) is 0. The zero-order valence-corrected chi connectivity index (χ0v) is 11.2. The van der Waals surface area contributed by atoms with Gasteiger partial charge in [0.1, 0.15) is 0 Å². The lowest BCUT2D eigenvalue weighted by Crippen LogP contribution is -1.96. The van der Waals surface area contributed by atoms with Crippen molar-refractivity contribution in [1.82, 2.24) is 10.2 Å². The lowest BCUT2D eigenvalue weighted by atomic mass is 9.99. The molecule has 2 aromatic heterocycles. The molecule has 0 radical (unpaired) electrons. The van der Waals surface area contributed by atoms with E-state index in [0.717, 1.165) is 8.92 Å². The van der Waals surface area contributed by atoms with Gasteiger partial charge in [-0.3, -0.25) is 0 Å². The second-order valence-electron chi connectivity index (χ2n) is 3.63. The van der Waals surface area contributed by atoms with Gasteiger partial charge in [0.2, 0.25) is 0 Å². The highest BCUT2D eigenvalue weighted by atomic mass is 79.9. The topological polar surface area (TPSA) is 25.8 Å². The maximum absolute atomic E-state index is 4.16. The molecule has 2 nitrogen and oxygen atoms in total. The van der Waals surface area contributed by atoms with E-state index < -0.39 is 0 Å². The molecule has 15 heavy (non-hydrogen) atoms. The van der Waals surface area contributed by atoms with Crippen molar-refractivity contribution in [2.45, 2.75) is 25.7 Å². The third-order valence-corrected chi connectivity index (χ3v) is 5.37. The quantitative estimate of drug-likeness (QED) is 0.798. The molecule has 0 saturated carbocycles. The lowest BCUT2D eigenvalue weighted by molar-refractivity contribution is 0.697. The molecule has 5 heteroatoms. The molecule has 0 atom stereocenters. The highest BCUT2D eigenvalue weighted by molar-refractivity contribution is 9.11. The van der Waals surface area contributed by atoms with Crippen molar-refractivity contribution in [3.63, 3.8) is 0 Å². The highest BCUT2D eigenvalue weighted by Gasteiger charge is 2.16. The number of halogens is 1. The first-order chi connectivity index (χ1) is 7.33. The number of thiophene rings is 1. The summed E-state index contributed by atoms with van der Waals surface area (Å²) in [6, 6.07) is 2.30. The monoisotopic (exact) mass is 300 g/mol. The number of fused-ring (bicyclic) bond motifs is 1. The second kappa shape index (κ2) is 3.96. The molecule has 78 valence electrons. The van der Waals surface area contributed by atoms with E-state index in [1.165, 1.54) is 36.1 Å². The first kappa shape index (κ1) is 9.93. The Hall–Kier alpha value is -0.260. The van der Waals surface area contributed by atoms with Crippen molar-refractivity contribution in [2.24, 2.45) is 0 Å². The van der Waals surface area contributed by atoms with E-state index in [1.807, 2.05) is 11.3 Å². The summed E-state index contributed by atoms with van der Waals surface area (Å²) in [4.78, 5) is 2.84. The molecule has 1 aliphatic carbocycles. The van der Waals surface area contributed by atoms with Crippen LogP contribution in [0, 0.1) is 0 Å². The van der Waals surface area contributed by atoms with Crippen molar-refractivity contribution in [2.75, 3.05) is 0 Å². The van der Waals surface area contributed by atoms with Crippen LogP contribution in [-0.2, 0) is 12.8 Å². The smallest absolute Gasteiger partial charge is 0.137 e. The van der Waals surface area contributed by atoms with E-state index in [9.17, 15) is 0 Å². The van der Waals surface area contributed by atoms with Gasteiger partial charge in [-0.25, -0.2) is 0 Å². The van der Waals surface area contributed by atoms with Crippen LogP contribution >= 0.6 is 38.6 Å². The predicted molar refractivity (Wildman–Crippen MR) is 67.6 cm³/mol. The molecule has 0 unspecified atom stereocenters. The van der Waals surface area contributed by atoms with Gasteiger partial charge in [-0.15, -0.1) is 21.5 Å². The molecule has 1 aliphatic rings. The predicted octanol–water partition coefficient (Wildman–Crippen LogP) is 3.91. The number of rotatable bonds is 1. The molecule has 2 heterocycles. The van der Waals surface area contributed by atoms with Crippen molar-refractivity contribution < 1.29 is 0 Å². The molecule has 0 aliphatic heterocycles. The van der Waals surface area contributed by atoms with Crippen LogP contribution in [0.2, 0.25) is 0 Å². The van der Waals surface area contributed by atoms with Gasteiger partial charge in [-0.05, 0) is 53.2 Å². The van der Waals surface area contributed by atoms with E-state index in [2.05, 4.69) is 32.2 Å². The largest absolute Gasteiger partial charge is 0.183 e. The third-order valence-electron chi connectivity index (χ3n) is 2.61. The molecule has 0 saturated heterocycles. The Kier molecular flexibility index (Phi) is 2.62. The van der Waals surface area contributed by atoms with Gasteiger partial charge in [0.05, 0.1) is 4.88 Å². The minimum absolute atomic E-state index is 0.865. The van der Waals surface area contributed by atoms with Crippen molar-refractivity contribution in [1.29, 1.82) is 0 Å². The van der Waals surface area contributed by atoms with Gasteiger partial charge >= 0.3 is 0 Å². The molecule has 2 aromatic rings. The van der Waals surface area contributed by atoms with Crippen LogP contribution in [0.25, 0.3) is 9.88 Å². The summed E-state index contributed by atoms with van der Waals surface area (Å²) in [5.41, 5.74) is 1.53. The molecule has 0 spiro atoms. The molecule has 0 fully saturated rings. The number of nitrogens with zero attached hydrogens (tertiary/aromatic N) is 2. The summed E-state index contributed by atoms with van der Waals surface area (Å²) in [6.07, 6.45) is 5.17. The van der Waals surface area contributed by atoms with Crippen LogP contribution in [0.3, 0.4) is 0 Å². The summed E-state index contributed by atoms with van der Waals surface area (Å²) >= 11 is 6.85. The van der Waals surface area contributed by atoms with Gasteiger partial charge < -0.3 is 0 Å². The van der Waals surface area contributed by atoms with Crippen LogP contribution in [0.5, 0.6) is 0 Å². The molecular formula is C10H9BrN2S2. The third kappa shape index (κ3) is 1.88. The Morgan fingerprint density at radius 1 is 1.13 bits per heavy atom. The number of aryl methyl sites for hydroxylation is 2. The average Bonchev–Trinajstić information content (AvgIpc) is 2.82. The number of aromatic nitrogens is 2. The fraction of sp³-hybridized carbons (Fsp3) is 0.400. The summed E-state index contributed by atoms with van der Waals surface area (Å²) in [7, 11) is 0. The van der Waals surface area contributed by atoms with E-state index >= 15 is 0 Å². The minimum Gasteiger partial charge on any atom is -0.137 e. The Labute approximate surface area is 104 Å². The highest BCUT2D eigenvalue weighted by Crippen LogP contribution is 2.37. The average molecular weight is 301 g/mol. The Balaban J connectivity index is 2.02. The second-order valence-corrected chi connectivity index (χ2v) is 7.02.